The van der Waals surface area contributed by atoms with Crippen molar-refractivity contribution in [2.45, 2.75) is 24.8 Å². The second kappa shape index (κ2) is 9.46. The zero-order valence-electron chi connectivity index (χ0n) is 17.2. The summed E-state index contributed by atoms with van der Waals surface area (Å²) in [5, 5.41) is 14.5. The van der Waals surface area contributed by atoms with Crippen molar-refractivity contribution in [2.75, 3.05) is 18.2 Å². The number of aryl methyl sites for hydroxylation is 1. The number of rotatable bonds is 8. The van der Waals surface area contributed by atoms with Crippen molar-refractivity contribution >= 4 is 32.2 Å². The number of aliphatic hydroxyl groups excluding tert-OH is 1. The molecule has 8 nitrogen and oxygen atoms in total. The van der Waals surface area contributed by atoms with Crippen LogP contribution in [0.1, 0.15) is 23.0 Å². The molecule has 0 saturated heterocycles. The molecule has 0 radical (unpaired) electrons. The van der Waals surface area contributed by atoms with Crippen LogP contribution in [-0.4, -0.2) is 43.4 Å². The lowest BCUT2D eigenvalue weighted by Gasteiger charge is -2.13. The van der Waals surface area contributed by atoms with Gasteiger partial charge in [-0.25, -0.2) is 13.4 Å². The molecule has 0 saturated carbocycles. The maximum absolute atomic E-state index is 12.7. The fraction of sp³-hybridized carbons (Fsp3) is 0.238. The highest BCUT2D eigenvalue weighted by Crippen LogP contribution is 2.29. The smallest absolute Gasteiger partial charge is 0.257 e. The molecule has 1 unspecified atom stereocenters. The molecule has 0 aliphatic heterocycles. The molecule has 164 valence electrons. The highest BCUT2D eigenvalue weighted by atomic mass is 32.2. The minimum absolute atomic E-state index is 0.0409. The average molecular weight is 463 g/mol. The van der Waals surface area contributed by atoms with Gasteiger partial charge in [-0.3, -0.25) is 10.1 Å². The van der Waals surface area contributed by atoms with Gasteiger partial charge in [0.1, 0.15) is 23.9 Å². The van der Waals surface area contributed by atoms with Crippen LogP contribution in [0, 0.1) is 6.92 Å². The number of aliphatic hydroxyl groups is 1. The predicted molar refractivity (Wildman–Crippen MR) is 118 cm³/mol. The molecule has 2 aromatic carbocycles. The Labute approximate surface area is 184 Å². The topological polar surface area (TPSA) is 115 Å². The van der Waals surface area contributed by atoms with Crippen LogP contribution in [0.4, 0.5) is 5.13 Å². The number of hydrogen-bond donors (Lipinski definition) is 2. The first-order valence-electron chi connectivity index (χ1n) is 9.27. The molecule has 1 atom stereocenters. The molecule has 0 fully saturated rings. The van der Waals surface area contributed by atoms with Gasteiger partial charge in [-0.2, -0.15) is 0 Å². The summed E-state index contributed by atoms with van der Waals surface area (Å²) in [5.41, 5.74) is 1.08. The van der Waals surface area contributed by atoms with Crippen molar-refractivity contribution in [3.8, 4) is 17.2 Å². The van der Waals surface area contributed by atoms with E-state index in [2.05, 4.69) is 10.3 Å². The Hall–Kier alpha value is -2.95. The molecule has 1 amide bonds. The van der Waals surface area contributed by atoms with Crippen LogP contribution in [0.5, 0.6) is 17.2 Å². The number of thiazole rings is 1. The van der Waals surface area contributed by atoms with E-state index in [-0.39, 0.29) is 17.1 Å². The van der Waals surface area contributed by atoms with Crippen molar-refractivity contribution in [2.24, 2.45) is 0 Å². The largest absolute Gasteiger partial charge is 0.491 e. The molecular formula is C21H22N2O6S2. The van der Waals surface area contributed by atoms with E-state index < -0.39 is 21.8 Å². The van der Waals surface area contributed by atoms with Crippen LogP contribution in [-0.2, 0) is 9.84 Å². The fourth-order valence-corrected chi connectivity index (χ4v) is 3.85. The number of nitrogens with zero attached hydrogens (tertiary/aromatic N) is 1. The second-order valence-corrected chi connectivity index (χ2v) is 9.82. The Kier molecular flexibility index (Phi) is 6.94. The first-order chi connectivity index (χ1) is 14.6. The maximum atomic E-state index is 12.7. The second-order valence-electron chi connectivity index (χ2n) is 6.95. The van der Waals surface area contributed by atoms with Crippen molar-refractivity contribution < 1.29 is 27.8 Å². The van der Waals surface area contributed by atoms with E-state index in [1.807, 2.05) is 12.3 Å². The van der Waals surface area contributed by atoms with Crippen molar-refractivity contribution in [1.82, 2.24) is 4.98 Å². The molecule has 3 rings (SSSR count). The number of amides is 1. The van der Waals surface area contributed by atoms with Gasteiger partial charge in [-0.15, -0.1) is 11.3 Å². The fourth-order valence-electron chi connectivity index (χ4n) is 2.53. The lowest BCUT2D eigenvalue weighted by Crippen LogP contribution is -2.14. The molecule has 0 aliphatic carbocycles. The van der Waals surface area contributed by atoms with E-state index in [4.69, 9.17) is 9.47 Å². The minimum Gasteiger partial charge on any atom is -0.491 e. The van der Waals surface area contributed by atoms with Gasteiger partial charge in [0.05, 0.1) is 16.7 Å². The standard InChI is InChI=1S/C21H22N2O6S2/c1-13-12-30-21(22-13)23-20(25)15-8-17(28-11-14(2)24)10-18(9-15)29-16-4-6-19(7-5-16)31(3,26)27/h4-10,12,14,24H,11H2,1-3H3,(H,22,23,25). The number of ether oxygens (including phenoxy) is 2. The Balaban J connectivity index is 1.86. The summed E-state index contributed by atoms with van der Waals surface area (Å²) in [6, 6.07) is 10.6. The Bertz CT molecular complexity index is 1170. The first kappa shape index (κ1) is 22.7. The zero-order chi connectivity index (χ0) is 22.6. The Morgan fingerprint density at radius 3 is 2.42 bits per heavy atom. The van der Waals surface area contributed by atoms with Gasteiger partial charge in [0.25, 0.3) is 5.91 Å². The summed E-state index contributed by atoms with van der Waals surface area (Å²) in [6.07, 6.45) is 0.435. The number of sulfone groups is 1. The number of nitrogens with one attached hydrogen (secondary N) is 1. The number of carbonyl (C=O) groups is 1. The Morgan fingerprint density at radius 2 is 1.84 bits per heavy atom. The normalized spacial score (nSPS) is 12.3. The first-order valence-corrected chi connectivity index (χ1v) is 12.0. The lowest BCUT2D eigenvalue weighted by molar-refractivity contribution is 0.102. The summed E-state index contributed by atoms with van der Waals surface area (Å²) in [4.78, 5) is 17.1. The monoisotopic (exact) mass is 462 g/mol. The van der Waals surface area contributed by atoms with E-state index in [9.17, 15) is 18.3 Å². The molecular weight excluding hydrogens is 440 g/mol. The van der Waals surface area contributed by atoms with Gasteiger partial charge < -0.3 is 14.6 Å². The third kappa shape index (κ3) is 6.51. The van der Waals surface area contributed by atoms with Crippen LogP contribution in [0.3, 0.4) is 0 Å². The number of hydrogen-bond acceptors (Lipinski definition) is 8. The molecule has 1 aromatic heterocycles. The molecule has 2 N–H and O–H groups in total. The van der Waals surface area contributed by atoms with Crippen LogP contribution in [0.2, 0.25) is 0 Å². The van der Waals surface area contributed by atoms with Gasteiger partial charge in [0.15, 0.2) is 15.0 Å². The Morgan fingerprint density at radius 1 is 1.16 bits per heavy atom. The van der Waals surface area contributed by atoms with Gasteiger partial charge >= 0.3 is 0 Å². The van der Waals surface area contributed by atoms with E-state index in [0.29, 0.717) is 22.4 Å². The van der Waals surface area contributed by atoms with E-state index in [1.165, 1.54) is 47.7 Å². The summed E-state index contributed by atoms with van der Waals surface area (Å²) in [6.45, 7) is 3.46. The molecule has 31 heavy (non-hydrogen) atoms. The van der Waals surface area contributed by atoms with Gasteiger partial charge in [0, 0.05) is 23.3 Å². The molecule has 10 heteroatoms. The summed E-state index contributed by atoms with van der Waals surface area (Å²) in [7, 11) is -3.32. The zero-order valence-corrected chi connectivity index (χ0v) is 18.8. The summed E-state index contributed by atoms with van der Waals surface area (Å²) < 4.78 is 34.6. The highest BCUT2D eigenvalue weighted by molar-refractivity contribution is 7.90. The van der Waals surface area contributed by atoms with E-state index in [1.54, 1.807) is 13.0 Å². The number of aromatic nitrogens is 1. The van der Waals surface area contributed by atoms with E-state index in [0.717, 1.165) is 11.9 Å². The van der Waals surface area contributed by atoms with Crippen molar-refractivity contribution in [3.05, 3.63) is 59.1 Å². The molecule has 0 bridgehead atoms. The summed E-state index contributed by atoms with van der Waals surface area (Å²) in [5.74, 6) is 0.651. The maximum Gasteiger partial charge on any atom is 0.257 e. The highest BCUT2D eigenvalue weighted by Gasteiger charge is 2.14. The molecule has 3 aromatic rings. The SMILES string of the molecule is Cc1csc(NC(=O)c2cc(OCC(C)O)cc(Oc3ccc(S(C)(=O)=O)cc3)c2)n1. The number of anilines is 1. The van der Waals surface area contributed by atoms with Crippen LogP contribution in [0.15, 0.2) is 52.7 Å². The van der Waals surface area contributed by atoms with Gasteiger partial charge in [0.2, 0.25) is 0 Å². The average Bonchev–Trinajstić information content (AvgIpc) is 3.10. The van der Waals surface area contributed by atoms with Gasteiger partial charge in [-0.1, -0.05) is 0 Å². The molecule has 0 spiro atoms. The third-order valence-corrected chi connectivity index (χ3v) is 5.96. The predicted octanol–water partition coefficient (Wildman–Crippen LogP) is 3.66. The summed E-state index contributed by atoms with van der Waals surface area (Å²) >= 11 is 1.31. The molecule has 1 heterocycles. The van der Waals surface area contributed by atoms with Crippen molar-refractivity contribution in [1.29, 1.82) is 0 Å². The third-order valence-electron chi connectivity index (χ3n) is 3.96. The molecule has 0 aliphatic rings. The van der Waals surface area contributed by atoms with Crippen LogP contribution in [0.25, 0.3) is 0 Å². The van der Waals surface area contributed by atoms with E-state index >= 15 is 0 Å². The van der Waals surface area contributed by atoms with Crippen molar-refractivity contribution in [3.63, 3.8) is 0 Å². The minimum atomic E-state index is -3.32. The number of carbonyl (C=O) groups excluding carboxylic acids is 1. The van der Waals surface area contributed by atoms with Gasteiger partial charge in [-0.05, 0) is 50.2 Å². The van der Waals surface area contributed by atoms with Crippen LogP contribution < -0.4 is 14.8 Å². The number of benzene rings is 2. The van der Waals surface area contributed by atoms with Crippen LogP contribution >= 0.6 is 11.3 Å². The lowest BCUT2D eigenvalue weighted by atomic mass is 10.2. The quantitative estimate of drug-likeness (QED) is 0.525.